The number of hydrogen-bond acceptors (Lipinski definition) is 3. The molecule has 5 heteroatoms. The van der Waals surface area contributed by atoms with Gasteiger partial charge in [-0.15, -0.1) is 0 Å². The first-order valence-electron chi connectivity index (χ1n) is 6.89. The van der Waals surface area contributed by atoms with Crippen molar-refractivity contribution in [3.63, 3.8) is 0 Å². The van der Waals surface area contributed by atoms with Gasteiger partial charge in [0.1, 0.15) is 5.82 Å². The van der Waals surface area contributed by atoms with Gasteiger partial charge in [0.05, 0.1) is 6.42 Å². The van der Waals surface area contributed by atoms with Crippen LogP contribution in [0.5, 0.6) is 0 Å². The van der Waals surface area contributed by atoms with Crippen LogP contribution >= 0.6 is 0 Å². The van der Waals surface area contributed by atoms with Gasteiger partial charge < -0.3 is 14.8 Å². The zero-order valence-corrected chi connectivity index (χ0v) is 11.3. The quantitative estimate of drug-likeness (QED) is 0.914. The van der Waals surface area contributed by atoms with E-state index in [2.05, 4.69) is 14.9 Å². The Labute approximate surface area is 118 Å². The Kier molecular flexibility index (Phi) is 3.67. The van der Waals surface area contributed by atoms with Crippen LogP contribution in [0, 0.1) is 0 Å². The Morgan fingerprint density at radius 3 is 2.65 bits per heavy atom. The summed E-state index contributed by atoms with van der Waals surface area (Å²) in [5.41, 5.74) is 0.974. The summed E-state index contributed by atoms with van der Waals surface area (Å²) in [6.07, 6.45) is 4.11. The fourth-order valence-electron chi connectivity index (χ4n) is 2.48. The molecule has 1 saturated heterocycles. The molecule has 0 radical (unpaired) electrons. The van der Waals surface area contributed by atoms with Crippen LogP contribution in [-0.4, -0.2) is 47.0 Å². The minimum absolute atomic E-state index is 0.188. The summed E-state index contributed by atoms with van der Waals surface area (Å²) in [7, 11) is 0. The zero-order chi connectivity index (χ0) is 13.8. The molecule has 0 atom stereocenters. The van der Waals surface area contributed by atoms with Crippen molar-refractivity contribution in [1.29, 1.82) is 0 Å². The van der Waals surface area contributed by atoms with Crippen molar-refractivity contribution >= 4 is 11.7 Å². The van der Waals surface area contributed by atoms with Crippen molar-refractivity contribution in [3.05, 3.63) is 48.4 Å². The number of amides is 1. The average molecular weight is 270 g/mol. The fraction of sp³-hybridized carbons (Fsp3) is 0.333. The fourth-order valence-corrected chi connectivity index (χ4v) is 2.48. The molecule has 3 rings (SSSR count). The molecule has 2 aromatic rings. The largest absolute Gasteiger partial charge is 0.365 e. The van der Waals surface area contributed by atoms with E-state index in [-0.39, 0.29) is 5.91 Å². The van der Waals surface area contributed by atoms with Crippen LogP contribution in [0.15, 0.2) is 42.7 Å². The number of carbonyl (C=O) groups excluding carboxylic acids is 1. The highest BCUT2D eigenvalue weighted by atomic mass is 16.2. The number of hydrogen-bond donors (Lipinski definition) is 1. The van der Waals surface area contributed by atoms with Gasteiger partial charge in [-0.3, -0.25) is 4.79 Å². The minimum Gasteiger partial charge on any atom is -0.365 e. The maximum Gasteiger partial charge on any atom is 0.228 e. The number of H-pyrrole nitrogens is 1. The van der Waals surface area contributed by atoms with E-state index in [1.807, 2.05) is 41.4 Å². The number of nitrogens with one attached hydrogen (secondary N) is 1. The standard InChI is InChI=1S/C15H18N4O/c20-15(12-13-4-3-7-16-13)19-10-8-18(9-11-19)14-5-1-2-6-17-14/h1-7,16H,8-12H2. The molecule has 104 valence electrons. The summed E-state index contributed by atoms with van der Waals surface area (Å²) < 4.78 is 0. The van der Waals surface area contributed by atoms with E-state index in [1.54, 1.807) is 6.20 Å². The lowest BCUT2D eigenvalue weighted by Gasteiger charge is -2.35. The van der Waals surface area contributed by atoms with Crippen LogP contribution in [0.1, 0.15) is 5.69 Å². The highest BCUT2D eigenvalue weighted by molar-refractivity contribution is 5.78. The van der Waals surface area contributed by atoms with Gasteiger partial charge in [-0.2, -0.15) is 0 Å². The summed E-state index contributed by atoms with van der Waals surface area (Å²) in [6, 6.07) is 9.78. The van der Waals surface area contributed by atoms with E-state index in [4.69, 9.17) is 0 Å². The van der Waals surface area contributed by atoms with Gasteiger partial charge in [-0.1, -0.05) is 6.07 Å². The topological polar surface area (TPSA) is 52.2 Å². The molecular formula is C15H18N4O. The lowest BCUT2D eigenvalue weighted by atomic mass is 10.2. The summed E-state index contributed by atoms with van der Waals surface area (Å²) in [5, 5.41) is 0. The van der Waals surface area contributed by atoms with Gasteiger partial charge in [0.15, 0.2) is 0 Å². The van der Waals surface area contributed by atoms with Crippen molar-refractivity contribution in [2.75, 3.05) is 31.1 Å². The van der Waals surface area contributed by atoms with E-state index in [9.17, 15) is 4.79 Å². The first kappa shape index (κ1) is 12.7. The molecule has 1 N–H and O–H groups in total. The number of rotatable bonds is 3. The van der Waals surface area contributed by atoms with Gasteiger partial charge in [0.25, 0.3) is 0 Å². The molecule has 5 nitrogen and oxygen atoms in total. The molecule has 1 aliphatic heterocycles. The molecule has 1 fully saturated rings. The first-order valence-corrected chi connectivity index (χ1v) is 6.89. The second kappa shape index (κ2) is 5.77. The van der Waals surface area contributed by atoms with Gasteiger partial charge >= 0.3 is 0 Å². The molecule has 1 aliphatic rings. The van der Waals surface area contributed by atoms with Crippen LogP contribution in [0.25, 0.3) is 0 Å². The van der Waals surface area contributed by atoms with Crippen LogP contribution in [0.3, 0.4) is 0 Å². The smallest absolute Gasteiger partial charge is 0.228 e. The normalized spacial score (nSPS) is 15.4. The molecule has 2 aromatic heterocycles. The SMILES string of the molecule is O=C(Cc1ccc[nH]1)N1CCN(c2ccccn2)CC1. The summed E-state index contributed by atoms with van der Waals surface area (Å²) in [6.45, 7) is 3.20. The van der Waals surface area contributed by atoms with E-state index >= 15 is 0 Å². The Balaban J connectivity index is 1.54. The number of nitrogens with zero attached hydrogens (tertiary/aromatic N) is 3. The zero-order valence-electron chi connectivity index (χ0n) is 11.3. The van der Waals surface area contributed by atoms with Crippen molar-refractivity contribution in [3.8, 4) is 0 Å². The van der Waals surface area contributed by atoms with E-state index in [0.717, 1.165) is 37.7 Å². The van der Waals surface area contributed by atoms with E-state index < -0.39 is 0 Å². The van der Waals surface area contributed by atoms with Crippen molar-refractivity contribution in [2.24, 2.45) is 0 Å². The van der Waals surface area contributed by atoms with Gasteiger partial charge in [0, 0.05) is 44.3 Å². The van der Waals surface area contributed by atoms with E-state index in [0.29, 0.717) is 6.42 Å². The molecule has 0 spiro atoms. The Morgan fingerprint density at radius 1 is 1.15 bits per heavy atom. The number of aromatic nitrogens is 2. The van der Waals surface area contributed by atoms with Crippen molar-refractivity contribution in [2.45, 2.75) is 6.42 Å². The Morgan fingerprint density at radius 2 is 2.00 bits per heavy atom. The average Bonchev–Trinajstić information content (AvgIpc) is 3.01. The summed E-state index contributed by atoms with van der Waals surface area (Å²) in [4.78, 5) is 23.8. The van der Waals surface area contributed by atoms with Crippen LogP contribution in [0.4, 0.5) is 5.82 Å². The number of pyridine rings is 1. The second-order valence-corrected chi connectivity index (χ2v) is 4.93. The predicted molar refractivity (Wildman–Crippen MR) is 77.5 cm³/mol. The lowest BCUT2D eigenvalue weighted by Crippen LogP contribution is -2.49. The molecule has 0 aromatic carbocycles. The summed E-state index contributed by atoms with van der Waals surface area (Å²) in [5.74, 6) is 1.18. The molecule has 1 amide bonds. The lowest BCUT2D eigenvalue weighted by molar-refractivity contribution is -0.130. The second-order valence-electron chi connectivity index (χ2n) is 4.93. The first-order chi connectivity index (χ1) is 9.83. The minimum atomic E-state index is 0.188. The molecule has 0 aliphatic carbocycles. The third-order valence-electron chi connectivity index (χ3n) is 3.61. The third-order valence-corrected chi connectivity index (χ3v) is 3.61. The van der Waals surface area contributed by atoms with Crippen LogP contribution in [0.2, 0.25) is 0 Å². The Bertz CT molecular complexity index is 545. The van der Waals surface area contributed by atoms with Gasteiger partial charge in [-0.05, 0) is 24.3 Å². The monoisotopic (exact) mass is 270 g/mol. The number of aromatic amines is 1. The highest BCUT2D eigenvalue weighted by Crippen LogP contribution is 2.13. The van der Waals surface area contributed by atoms with Crippen LogP contribution < -0.4 is 4.90 Å². The molecule has 3 heterocycles. The van der Waals surface area contributed by atoms with Crippen molar-refractivity contribution in [1.82, 2.24) is 14.9 Å². The number of anilines is 1. The summed E-state index contributed by atoms with van der Waals surface area (Å²) >= 11 is 0. The molecular weight excluding hydrogens is 252 g/mol. The Hall–Kier alpha value is -2.30. The van der Waals surface area contributed by atoms with Crippen molar-refractivity contribution < 1.29 is 4.79 Å². The van der Waals surface area contributed by atoms with Gasteiger partial charge in [0.2, 0.25) is 5.91 Å². The number of carbonyl (C=O) groups is 1. The molecule has 20 heavy (non-hydrogen) atoms. The molecule has 0 saturated carbocycles. The predicted octanol–water partition coefficient (Wildman–Crippen LogP) is 1.30. The molecule has 0 bridgehead atoms. The van der Waals surface area contributed by atoms with E-state index in [1.165, 1.54) is 0 Å². The number of piperazine rings is 1. The molecule has 0 unspecified atom stereocenters. The van der Waals surface area contributed by atoms with Crippen LogP contribution in [-0.2, 0) is 11.2 Å². The maximum absolute atomic E-state index is 12.2. The van der Waals surface area contributed by atoms with Gasteiger partial charge in [-0.25, -0.2) is 4.98 Å². The maximum atomic E-state index is 12.2. The highest BCUT2D eigenvalue weighted by Gasteiger charge is 2.21. The third kappa shape index (κ3) is 2.82.